The maximum atomic E-state index is 4.81. The Balaban J connectivity index is 1.80. The highest BCUT2D eigenvalue weighted by Crippen LogP contribution is 2.25. The molecule has 1 N–H and O–H groups in total. The zero-order valence-electron chi connectivity index (χ0n) is 14.0. The van der Waals surface area contributed by atoms with Crippen molar-refractivity contribution in [2.45, 2.75) is 6.42 Å². The summed E-state index contributed by atoms with van der Waals surface area (Å²) in [4.78, 5) is 20.5. The van der Waals surface area contributed by atoms with Gasteiger partial charge in [-0.3, -0.25) is 9.97 Å². The molecule has 0 saturated carbocycles. The minimum absolute atomic E-state index is 0.684. The van der Waals surface area contributed by atoms with Crippen molar-refractivity contribution in [2.24, 2.45) is 0 Å². The molecule has 0 bridgehead atoms. The Morgan fingerprint density at radius 3 is 2.76 bits per heavy atom. The quantitative estimate of drug-likeness (QED) is 0.794. The van der Waals surface area contributed by atoms with Gasteiger partial charge >= 0.3 is 0 Å². The van der Waals surface area contributed by atoms with Crippen molar-refractivity contribution >= 4 is 5.82 Å². The normalized spacial score (nSPS) is 15.0. The molecule has 1 aliphatic heterocycles. The van der Waals surface area contributed by atoms with Crippen LogP contribution in [0, 0.1) is 0 Å². The Kier molecular flexibility index (Phi) is 4.61. The van der Waals surface area contributed by atoms with Crippen LogP contribution in [0.5, 0.6) is 0 Å². The molecule has 3 aromatic heterocycles. The molecule has 0 amide bonds. The molecule has 25 heavy (non-hydrogen) atoms. The second kappa shape index (κ2) is 7.36. The first-order valence-corrected chi connectivity index (χ1v) is 8.57. The minimum atomic E-state index is 0.684. The van der Waals surface area contributed by atoms with Crippen LogP contribution in [-0.4, -0.2) is 46.1 Å². The van der Waals surface area contributed by atoms with Crippen LogP contribution in [0.3, 0.4) is 0 Å². The summed E-state index contributed by atoms with van der Waals surface area (Å²) in [6.07, 6.45) is 6.45. The smallest absolute Gasteiger partial charge is 0.163 e. The lowest BCUT2D eigenvalue weighted by atomic mass is 10.2. The van der Waals surface area contributed by atoms with Gasteiger partial charge in [0.05, 0.1) is 11.4 Å². The number of rotatable bonds is 3. The fraction of sp³-hybridized carbons (Fsp3) is 0.263. The predicted octanol–water partition coefficient (Wildman–Crippen LogP) is 2.40. The Labute approximate surface area is 147 Å². The van der Waals surface area contributed by atoms with Gasteiger partial charge in [0.25, 0.3) is 0 Å². The molecule has 0 aliphatic carbocycles. The van der Waals surface area contributed by atoms with Gasteiger partial charge in [0.1, 0.15) is 5.82 Å². The maximum Gasteiger partial charge on any atom is 0.163 e. The van der Waals surface area contributed by atoms with Crippen molar-refractivity contribution in [3.63, 3.8) is 0 Å². The minimum Gasteiger partial charge on any atom is -0.355 e. The van der Waals surface area contributed by atoms with E-state index in [1.54, 1.807) is 18.6 Å². The van der Waals surface area contributed by atoms with E-state index in [2.05, 4.69) is 20.2 Å². The molecule has 4 rings (SSSR count). The van der Waals surface area contributed by atoms with Crippen LogP contribution in [-0.2, 0) is 0 Å². The van der Waals surface area contributed by atoms with Crippen LogP contribution in [0.1, 0.15) is 6.42 Å². The number of hydrogen-bond donors (Lipinski definition) is 1. The summed E-state index contributed by atoms with van der Waals surface area (Å²) in [6.45, 7) is 3.93. The van der Waals surface area contributed by atoms with E-state index >= 15 is 0 Å². The molecule has 6 nitrogen and oxygen atoms in total. The summed E-state index contributed by atoms with van der Waals surface area (Å²) in [6, 6.07) is 11.8. The molecule has 4 heterocycles. The highest BCUT2D eigenvalue weighted by molar-refractivity contribution is 5.65. The van der Waals surface area contributed by atoms with Crippen LogP contribution < -0.4 is 10.2 Å². The molecule has 3 aromatic rings. The number of nitrogens with one attached hydrogen (secondary N) is 1. The first-order chi connectivity index (χ1) is 12.4. The van der Waals surface area contributed by atoms with E-state index in [9.17, 15) is 0 Å². The summed E-state index contributed by atoms with van der Waals surface area (Å²) in [5, 5.41) is 3.43. The molecule has 126 valence electrons. The van der Waals surface area contributed by atoms with E-state index in [4.69, 9.17) is 9.97 Å². The van der Waals surface area contributed by atoms with E-state index in [0.29, 0.717) is 5.82 Å². The lowest BCUT2D eigenvalue weighted by Crippen LogP contribution is -2.28. The molecule has 0 aromatic carbocycles. The van der Waals surface area contributed by atoms with Crippen molar-refractivity contribution in [3.8, 4) is 22.8 Å². The van der Waals surface area contributed by atoms with Gasteiger partial charge < -0.3 is 10.2 Å². The third-order valence-corrected chi connectivity index (χ3v) is 4.22. The third-order valence-electron chi connectivity index (χ3n) is 4.22. The maximum absolute atomic E-state index is 4.81. The molecule has 0 unspecified atom stereocenters. The van der Waals surface area contributed by atoms with Crippen molar-refractivity contribution in [3.05, 3.63) is 55.0 Å². The highest BCUT2D eigenvalue weighted by atomic mass is 15.2. The van der Waals surface area contributed by atoms with Gasteiger partial charge in [0, 0.05) is 49.9 Å². The van der Waals surface area contributed by atoms with Crippen LogP contribution in [0.25, 0.3) is 22.8 Å². The molecular formula is C19H20N6. The van der Waals surface area contributed by atoms with Crippen molar-refractivity contribution in [1.29, 1.82) is 0 Å². The zero-order valence-corrected chi connectivity index (χ0v) is 14.0. The molecule has 1 fully saturated rings. The van der Waals surface area contributed by atoms with E-state index in [1.807, 2.05) is 36.4 Å². The van der Waals surface area contributed by atoms with Crippen LogP contribution >= 0.6 is 0 Å². The van der Waals surface area contributed by atoms with E-state index in [1.165, 1.54) is 0 Å². The average Bonchev–Trinajstić information content (AvgIpc) is 2.99. The van der Waals surface area contributed by atoms with Crippen LogP contribution in [0.4, 0.5) is 5.82 Å². The fourth-order valence-electron chi connectivity index (χ4n) is 2.94. The van der Waals surface area contributed by atoms with Gasteiger partial charge in [-0.1, -0.05) is 6.07 Å². The van der Waals surface area contributed by atoms with Gasteiger partial charge in [-0.05, 0) is 37.2 Å². The van der Waals surface area contributed by atoms with Gasteiger partial charge in [-0.15, -0.1) is 0 Å². The number of pyridine rings is 2. The molecule has 6 heteroatoms. The number of nitrogens with zero attached hydrogens (tertiary/aromatic N) is 5. The Morgan fingerprint density at radius 1 is 0.920 bits per heavy atom. The summed E-state index contributed by atoms with van der Waals surface area (Å²) < 4.78 is 0. The highest BCUT2D eigenvalue weighted by Gasteiger charge is 2.15. The standard InChI is InChI=1S/C19H20N6/c1-2-9-22-16(6-1)17-13-18(25-11-4-8-20-10-12-25)24-19(23-17)15-5-3-7-21-14-15/h1-3,5-7,9,13-14,20H,4,8,10-12H2. The lowest BCUT2D eigenvalue weighted by Gasteiger charge is -2.22. The molecule has 0 radical (unpaired) electrons. The van der Waals surface area contributed by atoms with E-state index in [-0.39, 0.29) is 0 Å². The zero-order chi connectivity index (χ0) is 16.9. The number of aromatic nitrogens is 4. The van der Waals surface area contributed by atoms with Gasteiger partial charge in [0.2, 0.25) is 0 Å². The summed E-state index contributed by atoms with van der Waals surface area (Å²) in [5.41, 5.74) is 2.60. The molecule has 0 atom stereocenters. The second-order valence-electron chi connectivity index (χ2n) is 5.98. The van der Waals surface area contributed by atoms with E-state index in [0.717, 1.165) is 55.4 Å². The van der Waals surface area contributed by atoms with Gasteiger partial charge in [-0.2, -0.15) is 0 Å². The van der Waals surface area contributed by atoms with Crippen LogP contribution in [0.15, 0.2) is 55.0 Å². The summed E-state index contributed by atoms with van der Waals surface area (Å²) >= 11 is 0. The van der Waals surface area contributed by atoms with E-state index < -0.39 is 0 Å². The Hall–Kier alpha value is -2.86. The Morgan fingerprint density at radius 2 is 1.92 bits per heavy atom. The second-order valence-corrected chi connectivity index (χ2v) is 5.98. The van der Waals surface area contributed by atoms with Crippen molar-refractivity contribution in [2.75, 3.05) is 31.1 Å². The largest absolute Gasteiger partial charge is 0.355 e. The van der Waals surface area contributed by atoms with Crippen molar-refractivity contribution < 1.29 is 0 Å². The SMILES string of the molecule is c1ccc(-c2cc(N3CCCNCC3)nc(-c3cccnc3)n2)nc1. The fourth-order valence-corrected chi connectivity index (χ4v) is 2.94. The first-order valence-electron chi connectivity index (χ1n) is 8.57. The van der Waals surface area contributed by atoms with Crippen LogP contribution in [0.2, 0.25) is 0 Å². The molecule has 1 saturated heterocycles. The third kappa shape index (κ3) is 3.64. The molecular weight excluding hydrogens is 312 g/mol. The average molecular weight is 332 g/mol. The first kappa shape index (κ1) is 15.7. The number of anilines is 1. The Bertz CT molecular complexity index is 756. The van der Waals surface area contributed by atoms with Gasteiger partial charge in [0.15, 0.2) is 5.82 Å². The summed E-state index contributed by atoms with van der Waals surface area (Å²) in [5.74, 6) is 1.63. The number of hydrogen-bond acceptors (Lipinski definition) is 6. The summed E-state index contributed by atoms with van der Waals surface area (Å²) in [7, 11) is 0. The monoisotopic (exact) mass is 332 g/mol. The van der Waals surface area contributed by atoms with Gasteiger partial charge in [-0.25, -0.2) is 9.97 Å². The lowest BCUT2D eigenvalue weighted by molar-refractivity contribution is 0.724. The predicted molar refractivity (Wildman–Crippen MR) is 98.2 cm³/mol. The molecule has 1 aliphatic rings. The molecule has 0 spiro atoms. The van der Waals surface area contributed by atoms with Crippen molar-refractivity contribution in [1.82, 2.24) is 25.3 Å². The topological polar surface area (TPSA) is 66.8 Å².